The second kappa shape index (κ2) is 2.64. The summed E-state index contributed by atoms with van der Waals surface area (Å²) in [5, 5.41) is 0. The molecule has 2 heterocycles. The fourth-order valence-corrected chi connectivity index (χ4v) is 3.58. The smallest absolute Gasteiger partial charge is 0.169 e. The van der Waals surface area contributed by atoms with Gasteiger partial charge < -0.3 is 0 Å². The zero-order valence-electron chi connectivity index (χ0n) is 6.22. The van der Waals surface area contributed by atoms with Crippen LogP contribution in [-0.4, -0.2) is 11.5 Å². The van der Waals surface area contributed by atoms with E-state index in [4.69, 9.17) is 0 Å². The van der Waals surface area contributed by atoms with Crippen LogP contribution in [0, 0.1) is 0 Å². The van der Waals surface area contributed by atoms with Gasteiger partial charge in [-0.3, -0.25) is 4.79 Å². The Bertz CT molecular complexity index is 280. The molecule has 1 aliphatic heterocycles. The van der Waals surface area contributed by atoms with Gasteiger partial charge in [-0.15, -0.1) is 23.1 Å². The number of carbonyl (C=O) groups excluding carboxylic acids is 1. The predicted octanol–water partition coefficient (Wildman–Crippen LogP) is 2.60. The summed E-state index contributed by atoms with van der Waals surface area (Å²) in [4.78, 5) is 14.6. The first kappa shape index (κ1) is 7.37. The summed E-state index contributed by atoms with van der Waals surface area (Å²) in [6.07, 6.45) is 1.15. The quantitative estimate of drug-likeness (QED) is 0.624. The lowest BCUT2D eigenvalue weighted by atomic mass is 10.3. The summed E-state index contributed by atoms with van der Waals surface area (Å²) in [6, 6.07) is 2.03. The Hall–Kier alpha value is -0.280. The maximum absolute atomic E-state index is 11.0. The molecule has 0 unspecified atom stereocenters. The van der Waals surface area contributed by atoms with E-state index in [9.17, 15) is 4.79 Å². The number of hydrogen-bond acceptors (Lipinski definition) is 3. The van der Waals surface area contributed by atoms with E-state index in [-0.39, 0.29) is 5.78 Å². The molecule has 11 heavy (non-hydrogen) atoms. The summed E-state index contributed by atoms with van der Waals surface area (Å²) in [5.41, 5.74) is 0. The average molecular weight is 184 g/mol. The number of hydrogen-bond donors (Lipinski definition) is 0. The SMILES string of the molecule is CC(=O)c1cc2c(s1)CCS2. The minimum atomic E-state index is 0.199. The Kier molecular flexibility index (Phi) is 1.77. The molecule has 2 rings (SSSR count). The van der Waals surface area contributed by atoms with Crippen LogP contribution in [0.25, 0.3) is 0 Å². The van der Waals surface area contributed by atoms with Crippen molar-refractivity contribution in [3.05, 3.63) is 15.8 Å². The van der Waals surface area contributed by atoms with Crippen molar-refractivity contribution in [1.29, 1.82) is 0 Å². The van der Waals surface area contributed by atoms with Crippen LogP contribution in [0.1, 0.15) is 21.5 Å². The van der Waals surface area contributed by atoms with E-state index < -0.39 is 0 Å². The second-order valence-electron chi connectivity index (χ2n) is 2.55. The number of aryl methyl sites for hydroxylation is 1. The second-order valence-corrected chi connectivity index (χ2v) is 4.83. The van der Waals surface area contributed by atoms with Gasteiger partial charge in [0.25, 0.3) is 0 Å². The molecule has 1 aromatic heterocycles. The third kappa shape index (κ3) is 1.23. The minimum Gasteiger partial charge on any atom is -0.294 e. The summed E-state index contributed by atoms with van der Waals surface area (Å²) >= 11 is 3.52. The van der Waals surface area contributed by atoms with Crippen LogP contribution in [0.3, 0.4) is 0 Å². The number of thioether (sulfide) groups is 1. The lowest BCUT2D eigenvalue weighted by molar-refractivity contribution is 0.102. The molecule has 58 valence electrons. The Morgan fingerprint density at radius 3 is 3.09 bits per heavy atom. The number of fused-ring (bicyclic) bond motifs is 1. The largest absolute Gasteiger partial charge is 0.294 e. The first-order valence-corrected chi connectivity index (χ1v) is 5.34. The van der Waals surface area contributed by atoms with Crippen molar-refractivity contribution in [2.45, 2.75) is 18.2 Å². The normalized spacial score (nSPS) is 15.0. The summed E-state index contributed by atoms with van der Waals surface area (Å²) < 4.78 is 0. The van der Waals surface area contributed by atoms with Gasteiger partial charge in [0.2, 0.25) is 0 Å². The highest BCUT2D eigenvalue weighted by atomic mass is 32.2. The van der Waals surface area contributed by atoms with E-state index in [1.807, 2.05) is 17.8 Å². The fourth-order valence-electron chi connectivity index (χ4n) is 1.14. The van der Waals surface area contributed by atoms with Crippen molar-refractivity contribution in [2.75, 3.05) is 5.75 Å². The zero-order chi connectivity index (χ0) is 7.84. The maximum Gasteiger partial charge on any atom is 0.169 e. The van der Waals surface area contributed by atoms with Crippen molar-refractivity contribution in [3.63, 3.8) is 0 Å². The molecule has 0 aliphatic carbocycles. The van der Waals surface area contributed by atoms with Crippen LogP contribution in [0.2, 0.25) is 0 Å². The minimum absolute atomic E-state index is 0.199. The first-order chi connectivity index (χ1) is 5.27. The van der Waals surface area contributed by atoms with Gasteiger partial charge in [-0.05, 0) is 19.4 Å². The molecule has 0 amide bonds. The van der Waals surface area contributed by atoms with Gasteiger partial charge in [0.1, 0.15) is 0 Å². The summed E-state index contributed by atoms with van der Waals surface area (Å²) in [6.45, 7) is 1.63. The molecule has 1 nitrogen and oxygen atoms in total. The van der Waals surface area contributed by atoms with Crippen molar-refractivity contribution in [1.82, 2.24) is 0 Å². The van der Waals surface area contributed by atoms with Gasteiger partial charge in [-0.2, -0.15) is 0 Å². The first-order valence-electron chi connectivity index (χ1n) is 3.54. The Balaban J connectivity index is 2.42. The molecule has 0 radical (unpaired) electrons. The summed E-state index contributed by atoms with van der Waals surface area (Å²) in [5.74, 6) is 1.39. The molecule has 1 aliphatic rings. The van der Waals surface area contributed by atoms with E-state index in [0.717, 1.165) is 11.3 Å². The van der Waals surface area contributed by atoms with E-state index in [0.29, 0.717) is 0 Å². The van der Waals surface area contributed by atoms with E-state index in [1.54, 1.807) is 18.3 Å². The molecule has 0 saturated carbocycles. The van der Waals surface area contributed by atoms with Crippen LogP contribution in [0.4, 0.5) is 0 Å². The van der Waals surface area contributed by atoms with Gasteiger partial charge >= 0.3 is 0 Å². The van der Waals surface area contributed by atoms with Crippen LogP contribution >= 0.6 is 23.1 Å². The monoisotopic (exact) mass is 184 g/mol. The third-order valence-corrected chi connectivity index (χ3v) is 4.21. The molecule has 3 heteroatoms. The highest BCUT2D eigenvalue weighted by Gasteiger charge is 2.16. The van der Waals surface area contributed by atoms with E-state index >= 15 is 0 Å². The van der Waals surface area contributed by atoms with Gasteiger partial charge in [0, 0.05) is 15.5 Å². The van der Waals surface area contributed by atoms with E-state index in [1.165, 1.54) is 15.5 Å². The van der Waals surface area contributed by atoms with Crippen molar-refractivity contribution in [3.8, 4) is 0 Å². The number of Topliss-reactive ketones (excluding diaryl/α,β-unsaturated/α-hetero) is 1. The third-order valence-electron chi connectivity index (χ3n) is 1.70. The van der Waals surface area contributed by atoms with Crippen molar-refractivity contribution >= 4 is 28.9 Å². The molecule has 0 atom stereocenters. The van der Waals surface area contributed by atoms with Gasteiger partial charge in [-0.25, -0.2) is 0 Å². The number of carbonyl (C=O) groups is 1. The topological polar surface area (TPSA) is 17.1 Å². The average Bonchev–Trinajstić information content (AvgIpc) is 2.40. The van der Waals surface area contributed by atoms with Gasteiger partial charge in [-0.1, -0.05) is 0 Å². The number of ketones is 1. The molecule has 0 fully saturated rings. The molecule has 1 aromatic rings. The highest BCUT2D eigenvalue weighted by Crippen LogP contribution is 2.37. The maximum atomic E-state index is 11.0. The molecule has 0 N–H and O–H groups in total. The standard InChI is InChI=1S/C8H8OS2/c1-5(9)7-4-8-6(11-7)2-3-10-8/h4H,2-3H2,1H3. The molecule has 0 aromatic carbocycles. The zero-order valence-corrected chi connectivity index (χ0v) is 7.85. The van der Waals surface area contributed by atoms with Crippen LogP contribution < -0.4 is 0 Å². The molecule has 0 saturated heterocycles. The van der Waals surface area contributed by atoms with Crippen molar-refractivity contribution < 1.29 is 4.79 Å². The van der Waals surface area contributed by atoms with Crippen LogP contribution in [-0.2, 0) is 6.42 Å². The molecular formula is C8H8OS2. The number of rotatable bonds is 1. The Morgan fingerprint density at radius 2 is 2.45 bits per heavy atom. The lowest BCUT2D eigenvalue weighted by Gasteiger charge is -1.85. The fraction of sp³-hybridized carbons (Fsp3) is 0.375. The predicted molar refractivity (Wildman–Crippen MR) is 48.8 cm³/mol. The lowest BCUT2D eigenvalue weighted by Crippen LogP contribution is -1.84. The summed E-state index contributed by atoms with van der Waals surface area (Å²) in [7, 11) is 0. The number of thiophene rings is 1. The Labute approximate surface area is 73.8 Å². The van der Waals surface area contributed by atoms with Crippen molar-refractivity contribution in [2.24, 2.45) is 0 Å². The molecule has 0 spiro atoms. The van der Waals surface area contributed by atoms with Crippen LogP contribution in [0.5, 0.6) is 0 Å². The van der Waals surface area contributed by atoms with Crippen LogP contribution in [0.15, 0.2) is 11.0 Å². The highest BCUT2D eigenvalue weighted by molar-refractivity contribution is 7.99. The van der Waals surface area contributed by atoms with E-state index in [2.05, 4.69) is 0 Å². The van der Waals surface area contributed by atoms with Gasteiger partial charge in [0.05, 0.1) is 4.88 Å². The molecular weight excluding hydrogens is 176 g/mol. The molecule has 0 bridgehead atoms. The Morgan fingerprint density at radius 1 is 1.64 bits per heavy atom. The van der Waals surface area contributed by atoms with Gasteiger partial charge in [0.15, 0.2) is 5.78 Å².